The van der Waals surface area contributed by atoms with E-state index in [-0.39, 0.29) is 33.6 Å². The van der Waals surface area contributed by atoms with E-state index < -0.39 is 60.1 Å². The summed E-state index contributed by atoms with van der Waals surface area (Å²) in [6, 6.07) is 2.20. The van der Waals surface area contributed by atoms with Gasteiger partial charge in [-0.25, -0.2) is 4.98 Å². The highest BCUT2D eigenvalue weighted by Crippen LogP contribution is 2.39. The van der Waals surface area contributed by atoms with Crippen LogP contribution in [-0.4, -0.2) is 44.0 Å². The molecule has 4 heterocycles. The molecule has 1 atom stereocenters. The molecule has 4 aromatic rings. The fourth-order valence-corrected chi connectivity index (χ4v) is 4.07. The van der Waals surface area contributed by atoms with Crippen molar-refractivity contribution in [3.63, 3.8) is 0 Å². The van der Waals surface area contributed by atoms with E-state index in [1.165, 1.54) is 0 Å². The number of rotatable bonds is 5. The summed E-state index contributed by atoms with van der Waals surface area (Å²) >= 11 is 5.91. The summed E-state index contributed by atoms with van der Waals surface area (Å²) in [6.45, 7) is -0.636. The Balaban J connectivity index is 1.41. The number of pyridine rings is 1. The summed E-state index contributed by atoms with van der Waals surface area (Å²) < 4.78 is 118. The summed E-state index contributed by atoms with van der Waals surface area (Å²) in [5, 5.41) is 5.25. The molecule has 1 unspecified atom stereocenters. The van der Waals surface area contributed by atoms with Crippen molar-refractivity contribution in [1.82, 2.24) is 24.8 Å². The number of carbonyl (C=O) groups excluding carboxylic acids is 1. The topological polar surface area (TPSA) is 94.5 Å². The Morgan fingerprint density at radius 2 is 1.85 bits per heavy atom. The number of hydrogen-bond donors (Lipinski definition) is 1. The van der Waals surface area contributed by atoms with Crippen LogP contribution in [0.15, 0.2) is 41.2 Å². The molecular formula is C22H12ClF8N5O3. The predicted molar refractivity (Wildman–Crippen MR) is 116 cm³/mol. The lowest BCUT2D eigenvalue weighted by Gasteiger charge is -2.17. The van der Waals surface area contributed by atoms with Gasteiger partial charge in [0.2, 0.25) is 5.82 Å². The lowest BCUT2D eigenvalue weighted by atomic mass is 10.1. The minimum Gasteiger partial charge on any atom is -0.491 e. The first-order chi connectivity index (χ1) is 18.1. The second-order valence-electron chi connectivity index (χ2n) is 8.45. The number of hydrogen-bond acceptors (Lipinski definition) is 6. The van der Waals surface area contributed by atoms with E-state index in [0.717, 1.165) is 28.9 Å². The summed E-state index contributed by atoms with van der Waals surface area (Å²) in [5.74, 6) is -6.50. The number of imidazole rings is 1. The third kappa shape index (κ3) is 5.20. The van der Waals surface area contributed by atoms with Gasteiger partial charge in [0.15, 0.2) is 5.65 Å². The van der Waals surface area contributed by atoms with Gasteiger partial charge in [0, 0.05) is 24.4 Å². The van der Waals surface area contributed by atoms with Gasteiger partial charge in [0.1, 0.15) is 18.1 Å². The molecule has 1 fully saturated rings. The first-order valence-corrected chi connectivity index (χ1v) is 11.1. The van der Waals surface area contributed by atoms with Crippen LogP contribution in [0.25, 0.3) is 28.6 Å². The van der Waals surface area contributed by atoms with E-state index in [9.17, 15) is 39.9 Å². The Kier molecular flexibility index (Phi) is 6.19. The van der Waals surface area contributed by atoms with Gasteiger partial charge in [-0.1, -0.05) is 16.8 Å². The van der Waals surface area contributed by atoms with Crippen molar-refractivity contribution in [2.75, 3.05) is 6.61 Å². The third-order valence-corrected chi connectivity index (χ3v) is 5.91. The minimum atomic E-state index is -4.94. The smallest absolute Gasteiger partial charge is 0.419 e. The van der Waals surface area contributed by atoms with Crippen LogP contribution < -0.4 is 10.1 Å². The monoisotopic (exact) mass is 581 g/mol. The molecule has 0 spiro atoms. The summed E-state index contributed by atoms with van der Waals surface area (Å²) in [7, 11) is 0. The number of nitrogens with one attached hydrogen (secondary N) is 1. The van der Waals surface area contributed by atoms with Crippen LogP contribution in [0, 0.1) is 0 Å². The van der Waals surface area contributed by atoms with E-state index >= 15 is 0 Å². The molecule has 1 aliphatic heterocycles. The molecule has 206 valence electrons. The zero-order chi connectivity index (χ0) is 28.3. The van der Waals surface area contributed by atoms with Crippen molar-refractivity contribution < 1.29 is 49.2 Å². The maximum Gasteiger partial charge on any atom is 0.419 e. The second kappa shape index (κ2) is 9.07. The molecule has 0 bridgehead atoms. The quantitative estimate of drug-likeness (QED) is 0.306. The van der Waals surface area contributed by atoms with Crippen LogP contribution in [-0.2, 0) is 17.1 Å². The third-order valence-electron chi connectivity index (χ3n) is 5.63. The number of carbonyl (C=O) groups is 1. The predicted octanol–water partition coefficient (Wildman–Crippen LogP) is 5.64. The van der Waals surface area contributed by atoms with Crippen LogP contribution in [0.2, 0.25) is 5.02 Å². The fourth-order valence-electron chi connectivity index (χ4n) is 3.81. The van der Waals surface area contributed by atoms with E-state index in [2.05, 4.69) is 15.1 Å². The van der Waals surface area contributed by atoms with Crippen LogP contribution in [0.3, 0.4) is 0 Å². The van der Waals surface area contributed by atoms with E-state index in [0.29, 0.717) is 12.1 Å². The maximum absolute atomic E-state index is 13.7. The van der Waals surface area contributed by atoms with Crippen molar-refractivity contribution in [3.8, 4) is 28.7 Å². The van der Waals surface area contributed by atoms with Crippen molar-refractivity contribution in [2.24, 2.45) is 0 Å². The zero-order valence-corrected chi connectivity index (χ0v) is 19.6. The number of amides is 1. The van der Waals surface area contributed by atoms with Gasteiger partial charge in [0.25, 0.3) is 11.8 Å². The molecule has 3 aromatic heterocycles. The Labute approximate surface area is 216 Å². The average molecular weight is 582 g/mol. The van der Waals surface area contributed by atoms with Gasteiger partial charge < -0.3 is 19.0 Å². The lowest BCUT2D eigenvalue weighted by Crippen LogP contribution is -2.33. The SMILES string of the molecule is O=C1NC(COc2ccc(-c3noc(-c4cn5cc(C(F)(F)F)cc(Cl)c5n4)n3)cc2C(F)(F)F)CC1(F)F. The Bertz CT molecular complexity index is 1580. The van der Waals surface area contributed by atoms with Gasteiger partial charge in [-0.3, -0.25) is 4.79 Å². The normalized spacial score (nSPS) is 17.6. The Hall–Kier alpha value is -3.95. The molecule has 0 saturated carbocycles. The largest absolute Gasteiger partial charge is 0.491 e. The molecule has 8 nitrogen and oxygen atoms in total. The molecule has 1 saturated heterocycles. The number of aromatic nitrogens is 4. The number of benzene rings is 1. The van der Waals surface area contributed by atoms with Crippen molar-refractivity contribution in [3.05, 3.63) is 52.8 Å². The highest BCUT2D eigenvalue weighted by atomic mass is 35.5. The Morgan fingerprint density at radius 3 is 2.49 bits per heavy atom. The number of nitrogens with zero attached hydrogens (tertiary/aromatic N) is 4. The summed E-state index contributed by atoms with van der Waals surface area (Å²) in [5.41, 5.74) is -2.65. The maximum atomic E-state index is 13.7. The van der Waals surface area contributed by atoms with Gasteiger partial charge >= 0.3 is 18.3 Å². The highest BCUT2D eigenvalue weighted by molar-refractivity contribution is 6.33. The standard InChI is InChI=1S/C22H12ClF8N5O3/c23-13-4-10(21(26,27)28)6-36-7-14(33-17(13)36)18-34-16(35-39-18)9-1-2-15(12(3-9)22(29,30)31)38-8-11-5-20(24,25)19(37)32-11/h1-4,6-7,11H,5,8H2,(H,32,37). The highest BCUT2D eigenvalue weighted by Gasteiger charge is 2.48. The van der Waals surface area contributed by atoms with Crippen LogP contribution >= 0.6 is 11.6 Å². The number of alkyl halides is 8. The lowest BCUT2D eigenvalue weighted by molar-refractivity contribution is -0.140. The van der Waals surface area contributed by atoms with Crippen LogP contribution in [0.5, 0.6) is 5.75 Å². The molecule has 17 heteroatoms. The molecule has 1 aliphatic rings. The molecule has 0 aliphatic carbocycles. The van der Waals surface area contributed by atoms with Gasteiger partial charge in [-0.05, 0) is 24.3 Å². The second-order valence-corrected chi connectivity index (χ2v) is 8.86. The van der Waals surface area contributed by atoms with Crippen molar-refractivity contribution >= 4 is 23.2 Å². The molecule has 1 N–H and O–H groups in total. The number of fused-ring (bicyclic) bond motifs is 1. The van der Waals surface area contributed by atoms with Crippen molar-refractivity contribution in [1.29, 1.82) is 0 Å². The Morgan fingerprint density at radius 1 is 1.10 bits per heavy atom. The fraction of sp³-hybridized carbons (Fsp3) is 0.273. The molecule has 39 heavy (non-hydrogen) atoms. The molecule has 5 rings (SSSR count). The van der Waals surface area contributed by atoms with E-state index in [1.807, 2.05) is 5.32 Å². The van der Waals surface area contributed by atoms with E-state index in [1.54, 1.807) is 0 Å². The minimum absolute atomic E-state index is 0.0588. The van der Waals surface area contributed by atoms with Crippen LogP contribution in [0.4, 0.5) is 35.1 Å². The van der Waals surface area contributed by atoms with E-state index in [4.69, 9.17) is 20.9 Å². The van der Waals surface area contributed by atoms with Crippen molar-refractivity contribution in [2.45, 2.75) is 30.7 Å². The molecule has 1 aromatic carbocycles. The average Bonchev–Trinajstić information content (AvgIpc) is 3.54. The number of ether oxygens (including phenoxy) is 1. The first-order valence-electron chi connectivity index (χ1n) is 10.7. The molecule has 1 amide bonds. The van der Waals surface area contributed by atoms with Gasteiger partial charge in [0.05, 0.1) is 22.2 Å². The molecular weight excluding hydrogens is 570 g/mol. The molecule has 0 radical (unpaired) electrons. The van der Waals surface area contributed by atoms with Gasteiger partial charge in [-0.2, -0.15) is 40.1 Å². The van der Waals surface area contributed by atoms with Gasteiger partial charge in [-0.15, -0.1) is 0 Å². The number of halogens is 9. The first kappa shape index (κ1) is 26.6. The zero-order valence-electron chi connectivity index (χ0n) is 18.9. The summed E-state index contributed by atoms with van der Waals surface area (Å²) in [6.07, 6.45) is -8.68. The van der Waals surface area contributed by atoms with Crippen LogP contribution in [0.1, 0.15) is 17.5 Å². The summed E-state index contributed by atoms with van der Waals surface area (Å²) in [4.78, 5) is 19.2.